The summed E-state index contributed by atoms with van der Waals surface area (Å²) in [7, 11) is 3.88. The fourth-order valence-electron chi connectivity index (χ4n) is 1.51. The lowest BCUT2D eigenvalue weighted by atomic mass is 10.2. The van der Waals surface area contributed by atoms with Gasteiger partial charge in [0.1, 0.15) is 0 Å². The highest BCUT2D eigenvalue weighted by Gasteiger charge is 2.03. The molecule has 0 spiro atoms. The Balaban J connectivity index is 2.14. The predicted octanol–water partition coefficient (Wildman–Crippen LogP) is 3.05. The van der Waals surface area contributed by atoms with Crippen LogP contribution in [-0.4, -0.2) is 16.8 Å². The van der Waals surface area contributed by atoms with E-state index in [1.807, 2.05) is 31.2 Å². The van der Waals surface area contributed by atoms with Crippen molar-refractivity contribution in [1.29, 1.82) is 0 Å². The zero-order valence-corrected chi connectivity index (χ0v) is 12.2. The first kappa shape index (κ1) is 12.7. The van der Waals surface area contributed by atoms with Crippen LogP contribution in [0.25, 0.3) is 0 Å². The molecule has 0 unspecified atom stereocenters. The number of hydrogen-bond acceptors (Lipinski definition) is 3. The maximum Gasteiger partial charge on any atom is 0.0629 e. The summed E-state index contributed by atoms with van der Waals surface area (Å²) in [5.74, 6) is 0. The molecule has 5 heteroatoms. The van der Waals surface area contributed by atoms with E-state index in [1.165, 1.54) is 10.5 Å². The fraction of sp³-hybridized carbons (Fsp3) is 0.250. The van der Waals surface area contributed by atoms with E-state index < -0.39 is 0 Å². The monoisotopic (exact) mass is 311 g/mol. The number of nitrogens with one attached hydrogen (secondary N) is 1. The fourth-order valence-corrected chi connectivity index (χ4v) is 3.07. The Hall–Kier alpha value is -0.780. The van der Waals surface area contributed by atoms with Crippen molar-refractivity contribution in [2.75, 3.05) is 7.05 Å². The second kappa shape index (κ2) is 5.71. The number of rotatable bonds is 4. The summed E-state index contributed by atoms with van der Waals surface area (Å²) in [6.07, 6.45) is 3.89. The molecule has 3 nitrogen and oxygen atoms in total. The molecule has 0 saturated carbocycles. The van der Waals surface area contributed by atoms with E-state index in [0.717, 1.165) is 15.9 Å². The van der Waals surface area contributed by atoms with Gasteiger partial charge in [0.2, 0.25) is 0 Å². The molecule has 0 aliphatic heterocycles. The van der Waals surface area contributed by atoms with Gasteiger partial charge < -0.3 is 5.32 Å². The molecule has 0 aliphatic carbocycles. The topological polar surface area (TPSA) is 29.9 Å². The van der Waals surface area contributed by atoms with Crippen LogP contribution in [0.15, 0.2) is 44.9 Å². The standard InChI is InChI=1S/C12H14BrN3S/c1-14-6-9-3-4-10(5-12(9)13)17-11-7-15-16(2)8-11/h3-5,7-8,14H,6H2,1-2H3. The van der Waals surface area contributed by atoms with Gasteiger partial charge in [0.05, 0.1) is 11.1 Å². The molecule has 2 rings (SSSR count). The molecule has 0 amide bonds. The van der Waals surface area contributed by atoms with Crippen LogP contribution in [-0.2, 0) is 13.6 Å². The summed E-state index contributed by atoms with van der Waals surface area (Å²) in [6.45, 7) is 0.873. The van der Waals surface area contributed by atoms with Gasteiger partial charge >= 0.3 is 0 Å². The zero-order chi connectivity index (χ0) is 12.3. The second-order valence-electron chi connectivity index (χ2n) is 3.74. The molecule has 1 heterocycles. The van der Waals surface area contributed by atoms with Crippen LogP contribution in [0.5, 0.6) is 0 Å². The van der Waals surface area contributed by atoms with Crippen molar-refractivity contribution in [3.05, 3.63) is 40.6 Å². The molecule has 0 fully saturated rings. The Morgan fingerprint density at radius 1 is 1.41 bits per heavy atom. The van der Waals surface area contributed by atoms with Gasteiger partial charge in [0.25, 0.3) is 0 Å². The van der Waals surface area contributed by atoms with Crippen molar-refractivity contribution < 1.29 is 0 Å². The molecule has 0 atom stereocenters. The molecule has 17 heavy (non-hydrogen) atoms. The van der Waals surface area contributed by atoms with Gasteiger partial charge in [-0.2, -0.15) is 5.10 Å². The smallest absolute Gasteiger partial charge is 0.0629 e. The van der Waals surface area contributed by atoms with E-state index in [1.54, 1.807) is 11.8 Å². The lowest BCUT2D eigenvalue weighted by Gasteiger charge is -2.05. The minimum atomic E-state index is 0.873. The van der Waals surface area contributed by atoms with E-state index in [-0.39, 0.29) is 0 Å². The molecule has 1 N–H and O–H groups in total. The van der Waals surface area contributed by atoms with Crippen LogP contribution in [0.1, 0.15) is 5.56 Å². The quantitative estimate of drug-likeness (QED) is 0.941. The van der Waals surface area contributed by atoms with Crippen molar-refractivity contribution in [3.63, 3.8) is 0 Å². The second-order valence-corrected chi connectivity index (χ2v) is 5.74. The molecule has 1 aromatic carbocycles. The Labute approximate surface area is 114 Å². The number of aromatic nitrogens is 2. The van der Waals surface area contributed by atoms with Gasteiger partial charge in [0.15, 0.2) is 0 Å². The Morgan fingerprint density at radius 2 is 2.24 bits per heavy atom. The number of halogens is 1. The predicted molar refractivity (Wildman–Crippen MR) is 74.2 cm³/mol. The van der Waals surface area contributed by atoms with Crippen molar-refractivity contribution >= 4 is 27.7 Å². The normalized spacial score (nSPS) is 10.8. The highest BCUT2D eigenvalue weighted by atomic mass is 79.9. The molecular formula is C12H14BrN3S. The van der Waals surface area contributed by atoms with Gasteiger partial charge in [0, 0.05) is 29.2 Å². The number of benzene rings is 1. The van der Waals surface area contributed by atoms with Crippen LogP contribution in [0.2, 0.25) is 0 Å². The first-order valence-electron chi connectivity index (χ1n) is 5.28. The summed E-state index contributed by atoms with van der Waals surface area (Å²) in [5.41, 5.74) is 1.27. The number of aryl methyl sites for hydroxylation is 1. The van der Waals surface area contributed by atoms with Gasteiger partial charge in [-0.25, -0.2) is 0 Å². The molecular weight excluding hydrogens is 298 g/mol. The summed E-state index contributed by atoms with van der Waals surface area (Å²) in [5, 5.41) is 7.30. The third-order valence-electron chi connectivity index (χ3n) is 2.31. The Bertz CT molecular complexity index is 510. The highest BCUT2D eigenvalue weighted by Crippen LogP contribution is 2.30. The Kier molecular flexibility index (Phi) is 4.25. The van der Waals surface area contributed by atoms with Crippen molar-refractivity contribution in [2.45, 2.75) is 16.3 Å². The average Bonchev–Trinajstić information content (AvgIpc) is 2.68. The summed E-state index contributed by atoms with van der Waals surface area (Å²) >= 11 is 5.31. The third kappa shape index (κ3) is 3.34. The first-order valence-corrected chi connectivity index (χ1v) is 6.89. The summed E-state index contributed by atoms with van der Waals surface area (Å²) in [6, 6.07) is 6.42. The van der Waals surface area contributed by atoms with Crippen molar-refractivity contribution in [1.82, 2.24) is 15.1 Å². The van der Waals surface area contributed by atoms with Crippen LogP contribution in [0, 0.1) is 0 Å². The Morgan fingerprint density at radius 3 is 2.82 bits per heavy atom. The molecule has 0 bridgehead atoms. The summed E-state index contributed by atoms with van der Waals surface area (Å²) in [4.78, 5) is 2.37. The van der Waals surface area contributed by atoms with Crippen LogP contribution in [0.4, 0.5) is 0 Å². The van der Waals surface area contributed by atoms with Crippen LogP contribution >= 0.6 is 27.7 Å². The number of nitrogens with zero attached hydrogens (tertiary/aromatic N) is 2. The molecule has 2 aromatic rings. The largest absolute Gasteiger partial charge is 0.316 e. The van der Waals surface area contributed by atoms with E-state index in [2.05, 4.69) is 44.5 Å². The van der Waals surface area contributed by atoms with Gasteiger partial charge in [-0.05, 0) is 24.7 Å². The zero-order valence-electron chi connectivity index (χ0n) is 9.77. The van der Waals surface area contributed by atoms with Gasteiger partial charge in [-0.1, -0.05) is 33.8 Å². The molecule has 0 radical (unpaired) electrons. The van der Waals surface area contributed by atoms with E-state index >= 15 is 0 Å². The lowest BCUT2D eigenvalue weighted by molar-refractivity contribution is 0.766. The van der Waals surface area contributed by atoms with Crippen LogP contribution < -0.4 is 5.32 Å². The molecule has 0 saturated heterocycles. The van der Waals surface area contributed by atoms with Crippen LogP contribution in [0.3, 0.4) is 0 Å². The van der Waals surface area contributed by atoms with Gasteiger partial charge in [-0.15, -0.1) is 0 Å². The maximum atomic E-state index is 4.16. The molecule has 90 valence electrons. The summed E-state index contributed by atoms with van der Waals surface area (Å²) < 4.78 is 2.95. The maximum absolute atomic E-state index is 4.16. The SMILES string of the molecule is CNCc1ccc(Sc2cnn(C)c2)cc1Br. The number of hydrogen-bond donors (Lipinski definition) is 1. The lowest BCUT2D eigenvalue weighted by Crippen LogP contribution is -2.05. The minimum Gasteiger partial charge on any atom is -0.316 e. The van der Waals surface area contributed by atoms with E-state index in [0.29, 0.717) is 0 Å². The molecule has 1 aromatic heterocycles. The third-order valence-corrected chi connectivity index (χ3v) is 3.98. The highest BCUT2D eigenvalue weighted by molar-refractivity contribution is 9.10. The van der Waals surface area contributed by atoms with Crippen molar-refractivity contribution in [3.8, 4) is 0 Å². The van der Waals surface area contributed by atoms with E-state index in [9.17, 15) is 0 Å². The van der Waals surface area contributed by atoms with E-state index in [4.69, 9.17) is 0 Å². The average molecular weight is 312 g/mol. The van der Waals surface area contributed by atoms with Gasteiger partial charge in [-0.3, -0.25) is 4.68 Å². The van der Waals surface area contributed by atoms with Crippen molar-refractivity contribution in [2.24, 2.45) is 7.05 Å². The minimum absolute atomic E-state index is 0.873. The molecule has 0 aliphatic rings. The first-order chi connectivity index (χ1) is 8.19.